The first-order chi connectivity index (χ1) is 9.08. The van der Waals surface area contributed by atoms with Gasteiger partial charge in [0.2, 0.25) is 5.88 Å². The Bertz CT molecular complexity index is 432. The fourth-order valence-electron chi connectivity index (χ4n) is 1.43. The summed E-state index contributed by atoms with van der Waals surface area (Å²) in [7, 11) is 2.96. The van der Waals surface area contributed by atoms with Gasteiger partial charge >= 0.3 is 5.97 Å². The van der Waals surface area contributed by atoms with Crippen LogP contribution >= 0.6 is 0 Å². The second kappa shape index (κ2) is 7.32. The van der Waals surface area contributed by atoms with E-state index in [1.165, 1.54) is 31.4 Å². The quantitative estimate of drug-likeness (QED) is 0.763. The summed E-state index contributed by atoms with van der Waals surface area (Å²) in [6.07, 6.45) is 1.35. The molecule has 0 aliphatic rings. The average Bonchev–Trinajstić information content (AvgIpc) is 2.42. The smallest absolute Gasteiger partial charge is 0.323 e. The minimum Gasteiger partial charge on any atom is -0.481 e. The van der Waals surface area contributed by atoms with Crippen molar-refractivity contribution in [2.75, 3.05) is 33.9 Å². The van der Waals surface area contributed by atoms with Crippen LogP contribution in [0.5, 0.6) is 5.88 Å². The molecule has 0 aliphatic heterocycles. The predicted octanol–water partition coefficient (Wildman–Crippen LogP) is 0.263. The Morgan fingerprint density at radius 3 is 2.58 bits per heavy atom. The Hall–Kier alpha value is -2.15. The van der Waals surface area contributed by atoms with Gasteiger partial charge in [0.25, 0.3) is 5.91 Å². The molecule has 0 atom stereocenters. The number of ether oxygens (including phenoxy) is 2. The number of rotatable bonds is 7. The van der Waals surface area contributed by atoms with E-state index in [1.54, 1.807) is 6.07 Å². The summed E-state index contributed by atoms with van der Waals surface area (Å²) < 4.78 is 9.74. The lowest BCUT2D eigenvalue weighted by Crippen LogP contribution is -2.38. The van der Waals surface area contributed by atoms with E-state index in [0.29, 0.717) is 11.4 Å². The van der Waals surface area contributed by atoms with Gasteiger partial charge in [0.05, 0.1) is 19.3 Å². The molecule has 19 heavy (non-hydrogen) atoms. The molecule has 104 valence electrons. The van der Waals surface area contributed by atoms with Crippen LogP contribution in [0, 0.1) is 0 Å². The highest BCUT2D eigenvalue weighted by molar-refractivity contribution is 5.95. The molecule has 1 rings (SSSR count). The zero-order valence-electron chi connectivity index (χ0n) is 10.8. The van der Waals surface area contributed by atoms with Crippen LogP contribution in [0.1, 0.15) is 10.4 Å². The minimum atomic E-state index is -1.08. The standard InChI is InChI=1S/C12H16N2O5/c1-18-6-5-14(8-11(15)16)12(17)9-3-4-10(19-2)13-7-9/h3-4,7H,5-6,8H2,1-2H3,(H,15,16). The summed E-state index contributed by atoms with van der Waals surface area (Å²) in [5.74, 6) is -1.10. The molecule has 0 bridgehead atoms. The normalized spacial score (nSPS) is 10.0. The van der Waals surface area contributed by atoms with Crippen LogP contribution in [-0.2, 0) is 9.53 Å². The number of amides is 1. The topological polar surface area (TPSA) is 89.0 Å². The van der Waals surface area contributed by atoms with Crippen LogP contribution in [0.2, 0.25) is 0 Å². The maximum Gasteiger partial charge on any atom is 0.323 e. The summed E-state index contributed by atoms with van der Waals surface area (Å²) in [4.78, 5) is 28.0. The zero-order chi connectivity index (χ0) is 14.3. The van der Waals surface area contributed by atoms with E-state index >= 15 is 0 Å². The lowest BCUT2D eigenvalue weighted by atomic mass is 10.2. The summed E-state index contributed by atoms with van der Waals surface area (Å²) in [5.41, 5.74) is 0.304. The molecule has 0 aliphatic carbocycles. The number of aromatic nitrogens is 1. The number of carbonyl (C=O) groups excluding carboxylic acids is 1. The lowest BCUT2D eigenvalue weighted by molar-refractivity contribution is -0.137. The average molecular weight is 268 g/mol. The second-order valence-corrected chi connectivity index (χ2v) is 3.70. The molecule has 1 aromatic heterocycles. The van der Waals surface area contributed by atoms with Gasteiger partial charge in [-0.05, 0) is 6.07 Å². The van der Waals surface area contributed by atoms with E-state index in [2.05, 4.69) is 4.98 Å². The molecule has 1 amide bonds. The van der Waals surface area contributed by atoms with Crippen molar-refractivity contribution in [3.8, 4) is 5.88 Å². The maximum absolute atomic E-state index is 12.1. The number of pyridine rings is 1. The van der Waals surface area contributed by atoms with Gasteiger partial charge in [0, 0.05) is 25.9 Å². The van der Waals surface area contributed by atoms with E-state index in [9.17, 15) is 9.59 Å². The highest BCUT2D eigenvalue weighted by Gasteiger charge is 2.18. The molecule has 1 aromatic rings. The van der Waals surface area contributed by atoms with Gasteiger partial charge < -0.3 is 19.5 Å². The second-order valence-electron chi connectivity index (χ2n) is 3.70. The Morgan fingerprint density at radius 1 is 1.37 bits per heavy atom. The Balaban J connectivity index is 2.81. The molecule has 1 heterocycles. The van der Waals surface area contributed by atoms with Crippen LogP contribution in [0.4, 0.5) is 0 Å². The largest absolute Gasteiger partial charge is 0.481 e. The van der Waals surface area contributed by atoms with Gasteiger partial charge in [0.1, 0.15) is 6.54 Å². The van der Waals surface area contributed by atoms with Crippen LogP contribution in [0.15, 0.2) is 18.3 Å². The maximum atomic E-state index is 12.1. The van der Waals surface area contributed by atoms with E-state index in [-0.39, 0.29) is 19.7 Å². The number of hydrogen-bond acceptors (Lipinski definition) is 5. The van der Waals surface area contributed by atoms with Crippen molar-refractivity contribution >= 4 is 11.9 Å². The first-order valence-electron chi connectivity index (χ1n) is 5.58. The summed E-state index contributed by atoms with van der Waals surface area (Å²) in [6, 6.07) is 3.08. The van der Waals surface area contributed by atoms with Gasteiger partial charge in [-0.2, -0.15) is 0 Å². The molecule has 7 nitrogen and oxygen atoms in total. The summed E-state index contributed by atoms with van der Waals surface area (Å²) >= 11 is 0. The van der Waals surface area contributed by atoms with Crippen LogP contribution in [0.3, 0.4) is 0 Å². The molecule has 0 spiro atoms. The highest BCUT2D eigenvalue weighted by atomic mass is 16.5. The Morgan fingerprint density at radius 2 is 2.11 bits per heavy atom. The van der Waals surface area contributed by atoms with Gasteiger partial charge in [-0.1, -0.05) is 0 Å². The van der Waals surface area contributed by atoms with Crippen LogP contribution in [-0.4, -0.2) is 60.8 Å². The van der Waals surface area contributed by atoms with E-state index in [4.69, 9.17) is 14.6 Å². The Kier molecular flexibility index (Phi) is 5.74. The fourth-order valence-corrected chi connectivity index (χ4v) is 1.43. The van der Waals surface area contributed by atoms with E-state index in [0.717, 1.165) is 0 Å². The number of hydrogen-bond donors (Lipinski definition) is 1. The van der Waals surface area contributed by atoms with Crippen molar-refractivity contribution in [3.05, 3.63) is 23.9 Å². The number of carboxylic acid groups (broad SMARTS) is 1. The molecular weight excluding hydrogens is 252 g/mol. The molecule has 7 heteroatoms. The number of aliphatic carboxylic acids is 1. The SMILES string of the molecule is COCCN(CC(=O)O)C(=O)c1ccc(OC)nc1. The number of nitrogens with zero attached hydrogens (tertiary/aromatic N) is 2. The number of carbonyl (C=O) groups is 2. The number of carboxylic acids is 1. The van der Waals surface area contributed by atoms with Gasteiger partial charge in [0.15, 0.2) is 0 Å². The zero-order valence-corrected chi connectivity index (χ0v) is 10.8. The molecule has 0 unspecified atom stereocenters. The number of methoxy groups -OCH3 is 2. The van der Waals surface area contributed by atoms with Crippen LogP contribution in [0.25, 0.3) is 0 Å². The molecule has 0 aromatic carbocycles. The fraction of sp³-hybridized carbons (Fsp3) is 0.417. The first-order valence-corrected chi connectivity index (χ1v) is 5.58. The van der Waals surface area contributed by atoms with E-state index in [1.807, 2.05) is 0 Å². The van der Waals surface area contributed by atoms with Crippen molar-refractivity contribution < 1.29 is 24.2 Å². The van der Waals surface area contributed by atoms with E-state index < -0.39 is 11.9 Å². The van der Waals surface area contributed by atoms with Crippen molar-refractivity contribution in [2.24, 2.45) is 0 Å². The molecular formula is C12H16N2O5. The molecule has 0 radical (unpaired) electrons. The summed E-state index contributed by atoms with van der Waals surface area (Å²) in [6.45, 7) is 0.0878. The third-order valence-corrected chi connectivity index (χ3v) is 2.37. The van der Waals surface area contributed by atoms with Crippen molar-refractivity contribution in [1.82, 2.24) is 9.88 Å². The van der Waals surface area contributed by atoms with Gasteiger partial charge in [-0.3, -0.25) is 9.59 Å². The van der Waals surface area contributed by atoms with Crippen molar-refractivity contribution in [1.29, 1.82) is 0 Å². The molecule has 0 saturated carbocycles. The van der Waals surface area contributed by atoms with Gasteiger partial charge in [-0.25, -0.2) is 4.98 Å². The third-order valence-electron chi connectivity index (χ3n) is 2.37. The Labute approximate surface area is 110 Å². The van der Waals surface area contributed by atoms with Gasteiger partial charge in [-0.15, -0.1) is 0 Å². The minimum absolute atomic E-state index is 0.202. The highest BCUT2D eigenvalue weighted by Crippen LogP contribution is 2.09. The monoisotopic (exact) mass is 268 g/mol. The van der Waals surface area contributed by atoms with Crippen molar-refractivity contribution in [2.45, 2.75) is 0 Å². The van der Waals surface area contributed by atoms with Crippen molar-refractivity contribution in [3.63, 3.8) is 0 Å². The summed E-state index contributed by atoms with van der Waals surface area (Å²) in [5, 5.41) is 8.79. The third kappa shape index (κ3) is 4.55. The van der Waals surface area contributed by atoms with Crippen LogP contribution < -0.4 is 4.74 Å². The molecule has 1 N–H and O–H groups in total. The lowest BCUT2D eigenvalue weighted by Gasteiger charge is -2.20. The first kappa shape index (κ1) is 14.9. The molecule has 0 saturated heterocycles. The predicted molar refractivity (Wildman–Crippen MR) is 66.2 cm³/mol. The molecule has 0 fully saturated rings.